The molecule has 0 aromatic heterocycles. The number of rotatable bonds is 11. The highest BCUT2D eigenvalue weighted by atomic mass is 16.8. The van der Waals surface area contributed by atoms with Gasteiger partial charge in [0.1, 0.15) is 54.9 Å². The molecule has 93 heavy (non-hydrogen) atoms. The first-order valence-electron chi connectivity index (χ1n) is 35.2. The van der Waals surface area contributed by atoms with Crippen LogP contribution in [0.15, 0.2) is 23.3 Å². The summed E-state index contributed by atoms with van der Waals surface area (Å²) in [4.78, 5) is 30.6. The summed E-state index contributed by atoms with van der Waals surface area (Å²) in [5, 5.41) is 145. The molecular weight excluding hydrogens is 1200 g/mol. The zero-order valence-corrected chi connectivity index (χ0v) is 57.4. The van der Waals surface area contributed by atoms with Crippen molar-refractivity contribution in [2.45, 2.75) is 303 Å². The van der Waals surface area contributed by atoms with E-state index in [0.717, 1.165) is 36.8 Å². The predicted molar refractivity (Wildman–Crippen MR) is 335 cm³/mol. The summed E-state index contributed by atoms with van der Waals surface area (Å²) in [5.74, 6) is -1.38. The maximum absolute atomic E-state index is 15.4. The Morgan fingerprint density at radius 3 is 1.75 bits per heavy atom. The monoisotopic (exact) mass is 1310 g/mol. The molecule has 3 aliphatic heterocycles. The smallest absolute Gasteiger partial charge is 0.315 e. The topological polar surface area (TPSA) is 353 Å². The van der Waals surface area contributed by atoms with Crippen molar-refractivity contribution in [1.29, 1.82) is 0 Å². The summed E-state index contributed by atoms with van der Waals surface area (Å²) in [7, 11) is 0. The van der Waals surface area contributed by atoms with Crippen LogP contribution in [-0.2, 0) is 38.0 Å². The average Bonchev–Trinajstić information content (AvgIpc) is 0.804. The van der Waals surface area contributed by atoms with E-state index in [-0.39, 0.29) is 42.1 Å². The van der Waals surface area contributed by atoms with E-state index < -0.39 is 189 Å². The number of esters is 2. The van der Waals surface area contributed by atoms with Crippen molar-refractivity contribution >= 4 is 11.9 Å². The van der Waals surface area contributed by atoms with E-state index in [2.05, 4.69) is 67.5 Å². The molecule has 12 aliphatic rings. The van der Waals surface area contributed by atoms with E-state index in [1.54, 1.807) is 0 Å². The first-order valence-corrected chi connectivity index (χ1v) is 35.2. The molecule has 31 unspecified atom stereocenters. The molecule has 12 rings (SSSR count). The number of aliphatic hydroxyl groups is 13. The van der Waals surface area contributed by atoms with Crippen LogP contribution in [0.4, 0.5) is 0 Å². The van der Waals surface area contributed by atoms with E-state index >= 15 is 9.59 Å². The Kier molecular flexibility index (Phi) is 17.4. The van der Waals surface area contributed by atoms with Crippen molar-refractivity contribution < 1.29 is 104 Å². The molecule has 21 nitrogen and oxygen atoms in total. The van der Waals surface area contributed by atoms with Crippen LogP contribution in [-0.4, -0.2) is 202 Å². The molecule has 31 atom stereocenters. The normalized spacial score (nSPS) is 55.6. The molecule has 7 saturated carbocycles. The minimum absolute atomic E-state index is 0.00987. The van der Waals surface area contributed by atoms with Crippen molar-refractivity contribution in [2.75, 3.05) is 19.8 Å². The van der Waals surface area contributed by atoms with Gasteiger partial charge in [-0.25, -0.2) is 0 Å². The standard InChI is InChI=1S/C72H114O21/c1-60(2)23-28-72(58(87)92-55-50(82)48(80)46(78)40(34-74)89-55)29-25-67(10)44(70(72,13)56(60)85)17-16-43-66(67,9)20-18-37-30-68(11)53(52(84)69(37,43)12)90-59(93-68)61(3,4)22-26-71(57(86)91-54-49(81)47(79)45(77)39(33-73)88-54)27-24-64(7)36(31-71)14-15-42-62(5)32-38(76)51(83)63(6,35-75)41(62)19-21-65(42,64)8/h14,17,37-43,45-56,59,73-85H,15-16,18-35H2,1-13H3. The molecule has 9 aliphatic carbocycles. The highest BCUT2D eigenvalue weighted by Gasteiger charge is 2.77. The molecule has 0 bridgehead atoms. The fourth-order valence-corrected chi connectivity index (χ4v) is 24.2. The second-order valence-corrected chi connectivity index (χ2v) is 35.8. The molecule has 3 heterocycles. The van der Waals surface area contributed by atoms with Crippen molar-refractivity contribution in [3.05, 3.63) is 23.3 Å². The summed E-state index contributed by atoms with van der Waals surface area (Å²) in [5.41, 5.74) is -7.72. The Balaban J connectivity index is 0.817. The lowest BCUT2D eigenvalue weighted by molar-refractivity contribution is -0.301. The van der Waals surface area contributed by atoms with Crippen LogP contribution in [0.5, 0.6) is 0 Å². The van der Waals surface area contributed by atoms with Gasteiger partial charge in [-0.2, -0.15) is 0 Å². The Morgan fingerprint density at radius 1 is 0.591 bits per heavy atom. The number of aliphatic hydroxyl groups excluding tert-OH is 13. The minimum Gasteiger partial charge on any atom is -0.432 e. The quantitative estimate of drug-likeness (QED) is 0.0980. The van der Waals surface area contributed by atoms with Crippen LogP contribution >= 0.6 is 0 Å². The van der Waals surface area contributed by atoms with Gasteiger partial charge in [-0.3, -0.25) is 9.59 Å². The fourth-order valence-electron chi connectivity index (χ4n) is 24.2. The van der Waals surface area contributed by atoms with Crippen molar-refractivity contribution in [3.63, 3.8) is 0 Å². The number of fused-ring (bicyclic) bond motifs is 13. The van der Waals surface area contributed by atoms with E-state index in [0.29, 0.717) is 77.0 Å². The second kappa shape index (κ2) is 22.9. The Labute approximate surface area is 549 Å². The molecule has 0 spiro atoms. The molecular formula is C72H114O21. The zero-order valence-electron chi connectivity index (χ0n) is 57.4. The van der Waals surface area contributed by atoms with Crippen LogP contribution in [0, 0.1) is 88.7 Å². The number of hydrogen-bond donors (Lipinski definition) is 13. The van der Waals surface area contributed by atoms with Gasteiger partial charge in [0.05, 0.1) is 60.7 Å². The van der Waals surface area contributed by atoms with E-state index in [4.69, 9.17) is 28.4 Å². The van der Waals surface area contributed by atoms with Gasteiger partial charge in [-0.15, -0.1) is 0 Å². The number of ether oxygens (including phenoxy) is 6. The lowest BCUT2D eigenvalue weighted by atomic mass is 9.31. The van der Waals surface area contributed by atoms with Crippen LogP contribution in [0.3, 0.4) is 0 Å². The molecule has 0 radical (unpaired) electrons. The van der Waals surface area contributed by atoms with Gasteiger partial charge in [-0.05, 0) is 172 Å². The fraction of sp³-hybridized carbons (Fsp3) is 0.917. The highest BCUT2D eigenvalue weighted by molar-refractivity contribution is 5.80. The minimum atomic E-state index is -1.81. The van der Waals surface area contributed by atoms with Gasteiger partial charge in [0.25, 0.3) is 0 Å². The van der Waals surface area contributed by atoms with Gasteiger partial charge < -0.3 is 94.8 Å². The third kappa shape index (κ3) is 9.49. The van der Waals surface area contributed by atoms with Crippen molar-refractivity contribution in [3.8, 4) is 0 Å². The lowest BCUT2D eigenvalue weighted by Crippen LogP contribution is -2.72. The van der Waals surface area contributed by atoms with Gasteiger partial charge in [0.15, 0.2) is 6.29 Å². The molecule has 0 amide bonds. The van der Waals surface area contributed by atoms with Crippen LogP contribution < -0.4 is 0 Å². The molecule has 10 fully saturated rings. The summed E-state index contributed by atoms with van der Waals surface area (Å²) >= 11 is 0. The van der Waals surface area contributed by atoms with Gasteiger partial charge in [-0.1, -0.05) is 106 Å². The van der Waals surface area contributed by atoms with Gasteiger partial charge >= 0.3 is 11.9 Å². The summed E-state index contributed by atoms with van der Waals surface area (Å²) in [6.07, 6.45) is -8.60. The van der Waals surface area contributed by atoms with Gasteiger partial charge in [0, 0.05) is 21.7 Å². The number of allylic oxidation sites excluding steroid dienone is 3. The van der Waals surface area contributed by atoms with Crippen molar-refractivity contribution in [2.24, 2.45) is 88.7 Å². The predicted octanol–water partition coefficient (Wildman–Crippen LogP) is 4.76. The van der Waals surface area contributed by atoms with Crippen molar-refractivity contribution in [1.82, 2.24) is 0 Å². The van der Waals surface area contributed by atoms with Gasteiger partial charge in [0.2, 0.25) is 12.6 Å². The zero-order chi connectivity index (χ0) is 68.2. The molecule has 3 saturated heterocycles. The second-order valence-electron chi connectivity index (χ2n) is 35.8. The maximum Gasteiger partial charge on any atom is 0.315 e. The Morgan fingerprint density at radius 2 is 1.15 bits per heavy atom. The van der Waals surface area contributed by atoms with E-state index in [1.165, 1.54) is 0 Å². The third-order valence-corrected chi connectivity index (χ3v) is 30.9. The number of hydrogen-bond acceptors (Lipinski definition) is 21. The average molecular weight is 1320 g/mol. The Hall–Kier alpha value is -2.26. The highest BCUT2D eigenvalue weighted by Crippen LogP contribution is 2.79. The molecule has 21 heteroatoms. The summed E-state index contributed by atoms with van der Waals surface area (Å²) in [6, 6.07) is 0. The SMILES string of the molecule is CC(C)(CCC1(C(=O)OC2OC(CO)C(O)C(O)C2O)CCC2(C)C(=CCC3C4(C)CC(O)C(O)C(C)(CO)C4CCC32C)C1)C1OC2C(O)C3(C)C(CCC4(C)C3CC=C3C4(C)CCC4(C(=O)OC5OC(CO)C(O)C(O)C5O)CCC(C)(C)C(O)C34C)CC2(C)O1. The number of carbonyl (C=O) groups is 2. The summed E-state index contributed by atoms with van der Waals surface area (Å²) < 4.78 is 38.2. The molecule has 13 N–H and O–H groups in total. The number of carbonyl (C=O) groups excluding carboxylic acids is 2. The van der Waals surface area contributed by atoms with E-state index in [9.17, 15) is 66.4 Å². The van der Waals surface area contributed by atoms with Crippen LogP contribution in [0.1, 0.15) is 199 Å². The maximum atomic E-state index is 15.4. The largest absolute Gasteiger partial charge is 0.432 e. The van der Waals surface area contributed by atoms with Crippen LogP contribution in [0.25, 0.3) is 0 Å². The first kappa shape index (κ1) is 70.6. The van der Waals surface area contributed by atoms with E-state index in [1.807, 2.05) is 34.6 Å². The molecule has 0 aromatic rings. The first-order chi connectivity index (χ1) is 43.1. The van der Waals surface area contributed by atoms with Crippen LogP contribution in [0.2, 0.25) is 0 Å². The molecule has 0 aromatic carbocycles. The summed E-state index contributed by atoms with van der Waals surface area (Å²) in [6.45, 7) is 26.1. The Bertz CT molecular complexity index is 2950. The lowest BCUT2D eigenvalue weighted by Gasteiger charge is -2.73. The third-order valence-electron chi connectivity index (χ3n) is 30.9. The molecule has 528 valence electrons.